The van der Waals surface area contributed by atoms with Gasteiger partial charge in [0.2, 0.25) is 0 Å². The van der Waals surface area contributed by atoms with Gasteiger partial charge in [0.15, 0.2) is 0 Å². The van der Waals surface area contributed by atoms with Gasteiger partial charge < -0.3 is 9.84 Å². The van der Waals surface area contributed by atoms with Crippen molar-refractivity contribution in [2.45, 2.75) is 13.5 Å². The van der Waals surface area contributed by atoms with Crippen LogP contribution in [-0.2, 0) is 6.61 Å². The van der Waals surface area contributed by atoms with Crippen molar-refractivity contribution in [3.05, 3.63) is 63.5 Å². The molecule has 0 aliphatic heterocycles. The lowest BCUT2D eigenvalue weighted by atomic mass is 10.2. The van der Waals surface area contributed by atoms with Crippen LogP contribution in [0.5, 0.6) is 11.5 Å². The van der Waals surface area contributed by atoms with Crippen LogP contribution in [0.25, 0.3) is 0 Å². The summed E-state index contributed by atoms with van der Waals surface area (Å²) in [5, 5.41) is 19.9. The normalized spacial score (nSPS) is 10.3. The summed E-state index contributed by atoms with van der Waals surface area (Å²) in [7, 11) is 0. The molecule has 2 rings (SSSR count). The molecule has 2 aromatic rings. The lowest BCUT2D eigenvalue weighted by molar-refractivity contribution is -0.385. The van der Waals surface area contributed by atoms with Crippen LogP contribution in [0.1, 0.15) is 11.1 Å². The third kappa shape index (κ3) is 2.92. The maximum absolute atomic E-state index is 13.0. The monoisotopic (exact) mass is 277 g/mol. The predicted molar refractivity (Wildman–Crippen MR) is 70.2 cm³/mol. The van der Waals surface area contributed by atoms with Crippen molar-refractivity contribution in [2.24, 2.45) is 0 Å². The Morgan fingerprint density at radius 1 is 1.30 bits per heavy atom. The van der Waals surface area contributed by atoms with E-state index in [2.05, 4.69) is 0 Å². The number of aliphatic hydroxyl groups excluding tert-OH is 1. The highest BCUT2D eigenvalue weighted by Crippen LogP contribution is 2.29. The summed E-state index contributed by atoms with van der Waals surface area (Å²) in [6.07, 6.45) is 0. The minimum absolute atomic E-state index is 0.00108. The number of nitrogens with zero attached hydrogens (tertiary/aromatic N) is 1. The highest BCUT2D eigenvalue weighted by Gasteiger charge is 2.12. The van der Waals surface area contributed by atoms with E-state index >= 15 is 0 Å². The highest BCUT2D eigenvalue weighted by molar-refractivity contribution is 5.46. The van der Waals surface area contributed by atoms with Gasteiger partial charge in [0.1, 0.15) is 17.3 Å². The van der Waals surface area contributed by atoms with Crippen molar-refractivity contribution in [1.82, 2.24) is 0 Å². The number of ether oxygens (including phenoxy) is 1. The molecular weight excluding hydrogens is 265 g/mol. The molecular formula is C14H12FNO4. The lowest BCUT2D eigenvalue weighted by Crippen LogP contribution is -1.95. The summed E-state index contributed by atoms with van der Waals surface area (Å²) < 4.78 is 18.6. The van der Waals surface area contributed by atoms with Gasteiger partial charge in [-0.15, -0.1) is 0 Å². The number of halogens is 1. The number of nitro benzene ring substituents is 1. The topological polar surface area (TPSA) is 72.6 Å². The average Bonchev–Trinajstić information content (AvgIpc) is 2.40. The first-order valence-electron chi connectivity index (χ1n) is 5.83. The van der Waals surface area contributed by atoms with Crippen LogP contribution < -0.4 is 4.74 Å². The van der Waals surface area contributed by atoms with Crippen LogP contribution in [0, 0.1) is 22.9 Å². The zero-order valence-corrected chi connectivity index (χ0v) is 10.7. The molecule has 0 saturated heterocycles. The summed E-state index contributed by atoms with van der Waals surface area (Å²) in [4.78, 5) is 10.2. The zero-order valence-electron chi connectivity index (χ0n) is 10.7. The first kappa shape index (κ1) is 14.0. The van der Waals surface area contributed by atoms with E-state index in [1.165, 1.54) is 36.4 Å². The standard InChI is InChI=1S/C14H12FNO4/c1-9-6-12(3-4-13(9)16(18)19)20-14-5-2-11(15)7-10(14)8-17/h2-7,17H,8H2,1H3. The molecule has 0 aliphatic carbocycles. The van der Waals surface area contributed by atoms with Gasteiger partial charge >= 0.3 is 0 Å². The first-order valence-corrected chi connectivity index (χ1v) is 5.83. The fraction of sp³-hybridized carbons (Fsp3) is 0.143. The van der Waals surface area contributed by atoms with E-state index in [1.807, 2.05) is 0 Å². The van der Waals surface area contributed by atoms with E-state index < -0.39 is 10.7 Å². The van der Waals surface area contributed by atoms with Crippen molar-refractivity contribution in [2.75, 3.05) is 0 Å². The number of hydrogen-bond acceptors (Lipinski definition) is 4. The summed E-state index contributed by atoms with van der Waals surface area (Å²) in [5.74, 6) is 0.220. The number of nitro groups is 1. The Labute approximate surface area is 114 Å². The van der Waals surface area contributed by atoms with Crippen molar-refractivity contribution < 1.29 is 19.2 Å². The van der Waals surface area contributed by atoms with Crippen LogP contribution in [0.2, 0.25) is 0 Å². The first-order chi connectivity index (χ1) is 9.51. The van der Waals surface area contributed by atoms with E-state index in [0.29, 0.717) is 22.6 Å². The number of aryl methyl sites for hydroxylation is 1. The van der Waals surface area contributed by atoms with E-state index in [9.17, 15) is 14.5 Å². The highest BCUT2D eigenvalue weighted by atomic mass is 19.1. The van der Waals surface area contributed by atoms with Crippen molar-refractivity contribution >= 4 is 5.69 Å². The van der Waals surface area contributed by atoms with Crippen LogP contribution in [0.15, 0.2) is 36.4 Å². The predicted octanol–water partition coefficient (Wildman–Crippen LogP) is 3.33. The molecule has 0 radical (unpaired) electrons. The van der Waals surface area contributed by atoms with Crippen LogP contribution >= 0.6 is 0 Å². The van der Waals surface area contributed by atoms with Gasteiger partial charge in [-0.1, -0.05) is 0 Å². The summed E-state index contributed by atoms with van der Waals surface area (Å²) in [5.41, 5.74) is 0.764. The molecule has 0 heterocycles. The van der Waals surface area contributed by atoms with Crippen LogP contribution in [0.4, 0.5) is 10.1 Å². The van der Waals surface area contributed by atoms with E-state index in [4.69, 9.17) is 9.84 Å². The Morgan fingerprint density at radius 3 is 2.65 bits per heavy atom. The molecule has 0 spiro atoms. The third-order valence-electron chi connectivity index (χ3n) is 2.79. The van der Waals surface area contributed by atoms with Gasteiger partial charge in [-0.2, -0.15) is 0 Å². The van der Waals surface area contributed by atoms with Gasteiger partial charge in [0.05, 0.1) is 11.5 Å². The second-order valence-corrected chi connectivity index (χ2v) is 4.22. The van der Waals surface area contributed by atoms with E-state index in [0.717, 1.165) is 0 Å². The Balaban J connectivity index is 2.31. The smallest absolute Gasteiger partial charge is 0.272 e. The summed E-state index contributed by atoms with van der Waals surface area (Å²) in [6.45, 7) is 1.24. The second kappa shape index (κ2) is 5.66. The fourth-order valence-electron chi connectivity index (χ4n) is 1.79. The fourth-order valence-corrected chi connectivity index (χ4v) is 1.79. The Morgan fingerprint density at radius 2 is 2.05 bits per heavy atom. The molecule has 0 unspecified atom stereocenters. The molecule has 0 aliphatic rings. The Kier molecular flexibility index (Phi) is 3.95. The molecule has 2 aromatic carbocycles. The molecule has 0 atom stereocenters. The summed E-state index contributed by atoms with van der Waals surface area (Å²) >= 11 is 0. The van der Waals surface area contributed by atoms with Gasteiger partial charge in [0, 0.05) is 17.2 Å². The zero-order chi connectivity index (χ0) is 14.7. The Bertz CT molecular complexity index is 658. The largest absolute Gasteiger partial charge is 0.457 e. The van der Waals surface area contributed by atoms with Crippen molar-refractivity contribution in [3.8, 4) is 11.5 Å². The van der Waals surface area contributed by atoms with Crippen molar-refractivity contribution in [3.63, 3.8) is 0 Å². The molecule has 5 nitrogen and oxygen atoms in total. The van der Waals surface area contributed by atoms with E-state index in [1.54, 1.807) is 6.92 Å². The molecule has 104 valence electrons. The summed E-state index contributed by atoms with van der Waals surface area (Å²) in [6, 6.07) is 8.10. The van der Waals surface area contributed by atoms with Gasteiger partial charge in [0.25, 0.3) is 5.69 Å². The maximum atomic E-state index is 13.0. The molecule has 20 heavy (non-hydrogen) atoms. The van der Waals surface area contributed by atoms with Gasteiger partial charge in [-0.3, -0.25) is 10.1 Å². The molecule has 0 amide bonds. The second-order valence-electron chi connectivity index (χ2n) is 4.22. The van der Waals surface area contributed by atoms with Crippen LogP contribution in [0.3, 0.4) is 0 Å². The molecule has 0 aromatic heterocycles. The number of aliphatic hydroxyl groups is 1. The minimum atomic E-state index is -0.476. The molecule has 6 heteroatoms. The molecule has 0 bridgehead atoms. The number of benzene rings is 2. The number of hydrogen-bond donors (Lipinski definition) is 1. The lowest BCUT2D eigenvalue weighted by Gasteiger charge is -2.10. The third-order valence-corrected chi connectivity index (χ3v) is 2.79. The van der Waals surface area contributed by atoms with Gasteiger partial charge in [-0.25, -0.2) is 4.39 Å². The van der Waals surface area contributed by atoms with Crippen molar-refractivity contribution in [1.29, 1.82) is 0 Å². The quantitative estimate of drug-likeness (QED) is 0.687. The molecule has 0 saturated carbocycles. The Hall–Kier alpha value is -2.47. The maximum Gasteiger partial charge on any atom is 0.272 e. The minimum Gasteiger partial charge on any atom is -0.457 e. The van der Waals surface area contributed by atoms with Crippen LogP contribution in [-0.4, -0.2) is 10.0 Å². The average molecular weight is 277 g/mol. The van der Waals surface area contributed by atoms with Gasteiger partial charge in [-0.05, 0) is 37.3 Å². The number of rotatable bonds is 4. The SMILES string of the molecule is Cc1cc(Oc2ccc(F)cc2CO)ccc1[N+](=O)[O-]. The van der Waals surface area contributed by atoms with E-state index in [-0.39, 0.29) is 12.3 Å². The molecule has 0 fully saturated rings. The molecule has 1 N–H and O–H groups in total.